The van der Waals surface area contributed by atoms with Crippen LogP contribution in [0.15, 0.2) is 97.2 Å². The number of para-hydroxylation sites is 2. The van der Waals surface area contributed by atoms with Crippen molar-refractivity contribution in [3.63, 3.8) is 0 Å². The smallest absolute Gasteiger partial charge is 0.336 e. The largest absolute Gasteiger partial charge is 0.423 e. The first-order chi connectivity index (χ1) is 14.2. The quantitative estimate of drug-likeness (QED) is 0.262. The third-order valence-electron chi connectivity index (χ3n) is 4.45. The molecule has 4 nitrogen and oxygen atoms in total. The fourth-order valence-corrected chi connectivity index (χ4v) is 2.95. The highest BCUT2D eigenvalue weighted by atomic mass is 16.5. The maximum atomic E-state index is 12.2. The van der Waals surface area contributed by atoms with Gasteiger partial charge in [-0.2, -0.15) is 5.10 Å². The van der Waals surface area contributed by atoms with E-state index in [4.69, 9.17) is 9.84 Å². The standard InChI is InChI=1S/C25H20N2O2/c1-19-12-14-20(15-13-19)25-21(18-27(26-25)22-8-4-2-5-9-22)16-17-24(28)29-23-10-6-3-7-11-23/h2-18H,1H3/b17-16-. The summed E-state index contributed by atoms with van der Waals surface area (Å²) in [5, 5.41) is 4.76. The van der Waals surface area contributed by atoms with Crippen LogP contribution in [-0.2, 0) is 4.79 Å². The Balaban J connectivity index is 1.66. The van der Waals surface area contributed by atoms with E-state index in [9.17, 15) is 4.79 Å². The van der Waals surface area contributed by atoms with Gasteiger partial charge in [-0.3, -0.25) is 0 Å². The predicted molar refractivity (Wildman–Crippen MR) is 115 cm³/mol. The summed E-state index contributed by atoms with van der Waals surface area (Å²) in [4.78, 5) is 12.2. The monoisotopic (exact) mass is 380 g/mol. The molecule has 0 atom stereocenters. The normalized spacial score (nSPS) is 10.9. The number of benzene rings is 3. The molecular formula is C25H20N2O2. The Labute approximate surface area is 169 Å². The number of hydrogen-bond donors (Lipinski definition) is 0. The average molecular weight is 380 g/mol. The van der Waals surface area contributed by atoms with Crippen LogP contribution in [0.5, 0.6) is 5.75 Å². The van der Waals surface area contributed by atoms with Crippen LogP contribution in [0.2, 0.25) is 0 Å². The summed E-state index contributed by atoms with van der Waals surface area (Å²) in [6.45, 7) is 2.05. The predicted octanol–water partition coefficient (Wildman–Crippen LogP) is 5.47. The van der Waals surface area contributed by atoms with Crippen LogP contribution in [0.4, 0.5) is 0 Å². The number of carbonyl (C=O) groups excluding carboxylic acids is 1. The van der Waals surface area contributed by atoms with Crippen LogP contribution < -0.4 is 4.74 Å². The van der Waals surface area contributed by atoms with Gasteiger partial charge in [-0.15, -0.1) is 0 Å². The van der Waals surface area contributed by atoms with Crippen LogP contribution in [0.25, 0.3) is 23.0 Å². The second-order valence-corrected chi connectivity index (χ2v) is 6.65. The summed E-state index contributed by atoms with van der Waals surface area (Å²) in [5.74, 6) is 0.0828. The fourth-order valence-electron chi connectivity index (χ4n) is 2.95. The van der Waals surface area contributed by atoms with Crippen molar-refractivity contribution in [2.45, 2.75) is 6.92 Å². The van der Waals surface area contributed by atoms with Crippen molar-refractivity contribution in [3.8, 4) is 22.7 Å². The summed E-state index contributed by atoms with van der Waals surface area (Å²) >= 11 is 0. The zero-order valence-electron chi connectivity index (χ0n) is 16.0. The molecule has 1 aromatic heterocycles. The molecular weight excluding hydrogens is 360 g/mol. The number of ether oxygens (including phenoxy) is 1. The highest BCUT2D eigenvalue weighted by molar-refractivity contribution is 5.90. The van der Waals surface area contributed by atoms with Crippen molar-refractivity contribution in [2.24, 2.45) is 0 Å². The van der Waals surface area contributed by atoms with Crippen molar-refractivity contribution < 1.29 is 9.53 Å². The Morgan fingerprint density at radius 1 is 0.897 bits per heavy atom. The minimum atomic E-state index is -0.432. The van der Waals surface area contributed by atoms with Gasteiger partial charge in [0.2, 0.25) is 0 Å². The summed E-state index contributed by atoms with van der Waals surface area (Å²) in [5.41, 5.74) is 4.76. The molecule has 0 aliphatic heterocycles. The van der Waals surface area contributed by atoms with Gasteiger partial charge in [0.15, 0.2) is 0 Å². The van der Waals surface area contributed by atoms with E-state index >= 15 is 0 Å². The Hall–Kier alpha value is -3.92. The van der Waals surface area contributed by atoms with Crippen molar-refractivity contribution >= 4 is 12.0 Å². The molecule has 0 bridgehead atoms. The van der Waals surface area contributed by atoms with Gasteiger partial charge < -0.3 is 4.74 Å². The minimum Gasteiger partial charge on any atom is -0.423 e. The molecule has 0 radical (unpaired) electrons. The number of aryl methyl sites for hydroxylation is 1. The van der Waals surface area contributed by atoms with E-state index in [1.165, 1.54) is 11.6 Å². The van der Waals surface area contributed by atoms with Gasteiger partial charge >= 0.3 is 5.97 Å². The average Bonchev–Trinajstić information content (AvgIpc) is 3.18. The lowest BCUT2D eigenvalue weighted by molar-refractivity contribution is -0.128. The third-order valence-corrected chi connectivity index (χ3v) is 4.45. The second-order valence-electron chi connectivity index (χ2n) is 6.65. The highest BCUT2D eigenvalue weighted by Crippen LogP contribution is 2.25. The molecule has 0 spiro atoms. The molecule has 0 unspecified atom stereocenters. The zero-order valence-corrected chi connectivity index (χ0v) is 16.0. The zero-order chi connectivity index (χ0) is 20.1. The van der Waals surface area contributed by atoms with Crippen molar-refractivity contribution in [3.05, 3.63) is 108 Å². The molecule has 4 heteroatoms. The molecule has 4 aromatic rings. The van der Waals surface area contributed by atoms with Crippen molar-refractivity contribution in [1.82, 2.24) is 9.78 Å². The molecule has 142 valence electrons. The maximum absolute atomic E-state index is 12.2. The molecule has 0 fully saturated rings. The van der Waals surface area contributed by atoms with E-state index in [1.54, 1.807) is 18.2 Å². The summed E-state index contributed by atoms with van der Waals surface area (Å²) in [7, 11) is 0. The molecule has 0 N–H and O–H groups in total. The topological polar surface area (TPSA) is 44.1 Å². The second kappa shape index (κ2) is 8.40. The molecule has 29 heavy (non-hydrogen) atoms. The van der Waals surface area contributed by atoms with Gasteiger partial charge in [0.25, 0.3) is 0 Å². The van der Waals surface area contributed by atoms with Gasteiger partial charge in [-0.05, 0) is 37.3 Å². The third kappa shape index (κ3) is 4.50. The van der Waals surface area contributed by atoms with E-state index in [0.717, 1.165) is 22.5 Å². The van der Waals surface area contributed by atoms with Crippen LogP contribution >= 0.6 is 0 Å². The lowest BCUT2D eigenvalue weighted by Crippen LogP contribution is -2.03. The van der Waals surface area contributed by atoms with Crippen molar-refractivity contribution in [1.29, 1.82) is 0 Å². The Morgan fingerprint density at radius 3 is 2.24 bits per heavy atom. The Kier molecular flexibility index (Phi) is 5.34. The number of esters is 1. The Morgan fingerprint density at radius 2 is 1.55 bits per heavy atom. The fraction of sp³-hybridized carbons (Fsp3) is 0.0400. The molecule has 0 saturated heterocycles. The van der Waals surface area contributed by atoms with Crippen LogP contribution in [-0.4, -0.2) is 15.7 Å². The van der Waals surface area contributed by atoms with Crippen LogP contribution in [0, 0.1) is 6.92 Å². The number of rotatable bonds is 5. The number of aromatic nitrogens is 2. The van der Waals surface area contributed by atoms with Gasteiger partial charge in [0.1, 0.15) is 5.75 Å². The van der Waals surface area contributed by atoms with Crippen molar-refractivity contribution in [2.75, 3.05) is 0 Å². The van der Waals surface area contributed by atoms with Gasteiger partial charge in [0.05, 0.1) is 11.4 Å². The van der Waals surface area contributed by atoms with Crippen LogP contribution in [0.1, 0.15) is 11.1 Å². The van der Waals surface area contributed by atoms with Crippen LogP contribution in [0.3, 0.4) is 0 Å². The Bertz CT molecular complexity index is 1130. The van der Waals surface area contributed by atoms with Gasteiger partial charge in [-0.1, -0.05) is 66.2 Å². The molecule has 4 rings (SSSR count). The lowest BCUT2D eigenvalue weighted by atomic mass is 10.1. The number of hydrogen-bond acceptors (Lipinski definition) is 3. The van der Waals surface area contributed by atoms with E-state index in [-0.39, 0.29) is 0 Å². The molecule has 1 heterocycles. The van der Waals surface area contributed by atoms with E-state index in [1.807, 2.05) is 90.6 Å². The first-order valence-corrected chi connectivity index (χ1v) is 9.36. The first-order valence-electron chi connectivity index (χ1n) is 9.36. The van der Waals surface area contributed by atoms with E-state index in [2.05, 4.69) is 0 Å². The maximum Gasteiger partial charge on any atom is 0.336 e. The molecule has 3 aromatic carbocycles. The summed E-state index contributed by atoms with van der Waals surface area (Å²) in [6, 6.07) is 27.1. The molecule has 0 aliphatic carbocycles. The summed E-state index contributed by atoms with van der Waals surface area (Å²) in [6.07, 6.45) is 5.08. The first kappa shape index (κ1) is 18.4. The molecule has 0 aliphatic rings. The van der Waals surface area contributed by atoms with E-state index in [0.29, 0.717) is 5.75 Å². The number of nitrogens with zero attached hydrogens (tertiary/aromatic N) is 2. The SMILES string of the molecule is Cc1ccc(-c2nn(-c3ccccc3)cc2/C=C\C(=O)Oc2ccccc2)cc1. The van der Waals surface area contributed by atoms with Gasteiger partial charge in [-0.25, -0.2) is 9.48 Å². The number of carbonyl (C=O) groups is 1. The molecule has 0 saturated carbocycles. The van der Waals surface area contributed by atoms with E-state index < -0.39 is 5.97 Å². The van der Waals surface area contributed by atoms with Gasteiger partial charge in [0, 0.05) is 23.4 Å². The minimum absolute atomic E-state index is 0.432. The highest BCUT2D eigenvalue weighted by Gasteiger charge is 2.11. The summed E-state index contributed by atoms with van der Waals surface area (Å²) < 4.78 is 7.15. The molecule has 0 amide bonds. The lowest BCUT2D eigenvalue weighted by Gasteiger charge is -2.01.